The maximum absolute atomic E-state index is 13.3. The minimum Gasteiger partial charge on any atom is -0.444 e. The van der Waals surface area contributed by atoms with Crippen molar-refractivity contribution in [2.45, 2.75) is 51.3 Å². The number of H-pyrrole nitrogens is 1. The molecule has 34 heavy (non-hydrogen) atoms. The Bertz CT molecular complexity index is 1350. The highest BCUT2D eigenvalue weighted by Crippen LogP contribution is 2.38. The first-order chi connectivity index (χ1) is 15.7. The molecule has 0 radical (unpaired) electrons. The molecular weight excluding hydrogens is 459 g/mol. The summed E-state index contributed by atoms with van der Waals surface area (Å²) in [6.45, 7) is 5.96. The SMILES string of the molecule is CC(C)(C)OC(=O)N1CCC(c2cc(=O)[nH]c3c4c([N+](=O)[O-])cc(C(F)(F)F)cc4nn23)CC1. The van der Waals surface area contributed by atoms with Crippen molar-refractivity contribution < 1.29 is 27.6 Å². The van der Waals surface area contributed by atoms with Gasteiger partial charge in [-0.05, 0) is 39.7 Å². The third-order valence-electron chi connectivity index (χ3n) is 5.61. The van der Waals surface area contributed by atoms with Crippen molar-refractivity contribution in [2.75, 3.05) is 13.1 Å². The van der Waals surface area contributed by atoms with Gasteiger partial charge in [0.2, 0.25) is 0 Å². The first-order valence-electron chi connectivity index (χ1n) is 10.5. The van der Waals surface area contributed by atoms with Crippen LogP contribution >= 0.6 is 0 Å². The van der Waals surface area contributed by atoms with Crippen molar-refractivity contribution in [3.8, 4) is 0 Å². The maximum Gasteiger partial charge on any atom is 0.416 e. The summed E-state index contributed by atoms with van der Waals surface area (Å²) in [6, 6.07) is 2.44. The second-order valence-corrected chi connectivity index (χ2v) is 9.20. The molecule has 13 heteroatoms. The lowest BCUT2D eigenvalue weighted by atomic mass is 9.93. The Balaban J connectivity index is 1.76. The lowest BCUT2D eigenvalue weighted by Crippen LogP contribution is -2.41. The number of aromatic amines is 1. The summed E-state index contributed by atoms with van der Waals surface area (Å²) in [5, 5.41) is 15.6. The van der Waals surface area contributed by atoms with Gasteiger partial charge in [-0.25, -0.2) is 9.31 Å². The number of ether oxygens (including phenoxy) is 1. The topological polar surface area (TPSA) is 123 Å². The molecule has 1 amide bonds. The number of nitro groups is 1. The van der Waals surface area contributed by atoms with E-state index in [9.17, 15) is 32.9 Å². The fourth-order valence-corrected chi connectivity index (χ4v) is 4.13. The minimum absolute atomic E-state index is 0.0486. The molecule has 1 aliphatic rings. The van der Waals surface area contributed by atoms with Crippen molar-refractivity contribution >= 4 is 28.3 Å². The van der Waals surface area contributed by atoms with Crippen molar-refractivity contribution in [2.24, 2.45) is 0 Å². The van der Waals surface area contributed by atoms with E-state index in [-0.39, 0.29) is 22.5 Å². The smallest absolute Gasteiger partial charge is 0.416 e. The van der Waals surface area contributed by atoms with E-state index in [0.29, 0.717) is 37.7 Å². The van der Waals surface area contributed by atoms with E-state index in [1.54, 1.807) is 25.7 Å². The number of benzene rings is 1. The number of amides is 1. The van der Waals surface area contributed by atoms with Crippen LogP contribution in [-0.4, -0.2) is 49.2 Å². The van der Waals surface area contributed by atoms with Crippen molar-refractivity contribution in [1.29, 1.82) is 0 Å². The first kappa shape index (κ1) is 23.5. The molecule has 4 rings (SSSR count). The number of alkyl halides is 3. The highest BCUT2D eigenvalue weighted by molar-refractivity contribution is 6.00. The lowest BCUT2D eigenvalue weighted by molar-refractivity contribution is -0.383. The average molecular weight is 481 g/mol. The van der Waals surface area contributed by atoms with Gasteiger partial charge < -0.3 is 14.6 Å². The third kappa shape index (κ3) is 4.41. The molecule has 2 aromatic heterocycles. The molecule has 0 spiro atoms. The Hall–Kier alpha value is -3.64. The first-order valence-corrected chi connectivity index (χ1v) is 10.5. The van der Waals surface area contributed by atoms with E-state index in [4.69, 9.17) is 4.74 Å². The number of nitrogens with zero attached hydrogens (tertiary/aromatic N) is 4. The molecular formula is C21H22F3N5O5. The molecule has 182 valence electrons. The van der Waals surface area contributed by atoms with Crippen LogP contribution in [-0.2, 0) is 10.9 Å². The van der Waals surface area contributed by atoms with Crippen LogP contribution in [0.15, 0.2) is 23.0 Å². The fourth-order valence-electron chi connectivity index (χ4n) is 4.13. The molecule has 10 nitrogen and oxygen atoms in total. The van der Waals surface area contributed by atoms with Gasteiger partial charge in [-0.15, -0.1) is 0 Å². The van der Waals surface area contributed by atoms with Crippen LogP contribution in [0.5, 0.6) is 0 Å². The molecule has 1 aromatic carbocycles. The predicted octanol–water partition coefficient (Wildman–Crippen LogP) is 4.22. The number of nitro benzene ring substituents is 1. The summed E-state index contributed by atoms with van der Waals surface area (Å²) in [5.74, 6) is -0.251. The van der Waals surface area contributed by atoms with Gasteiger partial charge in [0.05, 0.1) is 16.2 Å². The van der Waals surface area contributed by atoms with Crippen molar-refractivity contribution in [1.82, 2.24) is 19.5 Å². The van der Waals surface area contributed by atoms with Gasteiger partial charge in [0.25, 0.3) is 11.2 Å². The van der Waals surface area contributed by atoms with Crippen LogP contribution in [0.2, 0.25) is 0 Å². The van der Waals surface area contributed by atoms with Crippen molar-refractivity contribution in [3.05, 3.63) is 49.9 Å². The van der Waals surface area contributed by atoms with E-state index < -0.39 is 39.6 Å². The Kier molecular flexibility index (Phi) is 5.53. The molecule has 0 unspecified atom stereocenters. The highest BCUT2D eigenvalue weighted by atomic mass is 19.4. The molecule has 0 aliphatic carbocycles. The molecule has 3 heterocycles. The summed E-state index contributed by atoms with van der Waals surface area (Å²) < 4.78 is 46.5. The number of halogens is 3. The summed E-state index contributed by atoms with van der Waals surface area (Å²) in [6.07, 6.45) is -4.37. The van der Waals surface area contributed by atoms with E-state index in [2.05, 4.69) is 10.1 Å². The number of piperidine rings is 1. The van der Waals surface area contributed by atoms with Crippen molar-refractivity contribution in [3.63, 3.8) is 0 Å². The zero-order valence-electron chi connectivity index (χ0n) is 18.6. The molecule has 1 fully saturated rings. The Labute approximate surface area is 190 Å². The fraction of sp³-hybridized carbons (Fsp3) is 0.476. The Morgan fingerprint density at radius 1 is 1.21 bits per heavy atom. The average Bonchev–Trinajstić information content (AvgIpc) is 3.09. The van der Waals surface area contributed by atoms with Gasteiger partial charge in [-0.2, -0.15) is 18.3 Å². The number of carbonyl (C=O) groups excluding carboxylic acids is 1. The van der Waals surface area contributed by atoms with E-state index in [0.717, 1.165) is 6.07 Å². The number of carbonyl (C=O) groups is 1. The Morgan fingerprint density at radius 2 is 1.85 bits per heavy atom. The number of rotatable bonds is 2. The van der Waals surface area contributed by atoms with Crippen LogP contribution in [0.4, 0.5) is 23.7 Å². The molecule has 1 N–H and O–H groups in total. The van der Waals surface area contributed by atoms with Crippen LogP contribution < -0.4 is 5.56 Å². The number of aromatic nitrogens is 3. The standard InChI is InChI=1S/C21H22F3N5O5/c1-20(2,3)34-19(31)27-6-4-11(5-7-27)14-10-16(30)25-18-17-13(26-28(14)18)8-12(21(22,23)24)9-15(17)29(32)33/h8-11H,4-7H2,1-3H3,(H,25,30). The molecule has 0 saturated carbocycles. The highest BCUT2D eigenvalue weighted by Gasteiger charge is 2.35. The summed E-state index contributed by atoms with van der Waals surface area (Å²) >= 11 is 0. The van der Waals surface area contributed by atoms with Crippen LogP contribution in [0, 0.1) is 10.1 Å². The molecule has 1 aliphatic heterocycles. The van der Waals surface area contributed by atoms with Gasteiger partial charge in [0.1, 0.15) is 16.5 Å². The number of nitrogens with one attached hydrogen (secondary N) is 1. The number of hydrogen-bond acceptors (Lipinski definition) is 6. The molecule has 0 atom stereocenters. The molecule has 3 aromatic rings. The number of non-ortho nitro benzene ring substituents is 1. The van der Waals surface area contributed by atoms with Gasteiger partial charge in [0, 0.05) is 31.1 Å². The second kappa shape index (κ2) is 7.99. The van der Waals surface area contributed by atoms with Crippen LogP contribution in [0.1, 0.15) is 50.8 Å². The van der Waals surface area contributed by atoms with Gasteiger partial charge >= 0.3 is 12.3 Å². The van der Waals surface area contributed by atoms with Gasteiger partial charge in [-0.1, -0.05) is 0 Å². The van der Waals surface area contributed by atoms with Gasteiger partial charge in [-0.3, -0.25) is 14.9 Å². The monoisotopic (exact) mass is 481 g/mol. The molecule has 1 saturated heterocycles. The van der Waals surface area contributed by atoms with Crippen LogP contribution in [0.3, 0.4) is 0 Å². The van der Waals surface area contributed by atoms with E-state index >= 15 is 0 Å². The Morgan fingerprint density at radius 3 is 2.41 bits per heavy atom. The summed E-state index contributed by atoms with van der Waals surface area (Å²) in [5.41, 5.74) is -3.11. The zero-order chi connectivity index (χ0) is 25.0. The normalized spacial score (nSPS) is 15.8. The summed E-state index contributed by atoms with van der Waals surface area (Å²) in [4.78, 5) is 39.4. The lowest BCUT2D eigenvalue weighted by Gasteiger charge is -2.33. The third-order valence-corrected chi connectivity index (χ3v) is 5.61. The largest absolute Gasteiger partial charge is 0.444 e. The van der Waals surface area contributed by atoms with E-state index in [1.807, 2.05) is 0 Å². The number of hydrogen-bond donors (Lipinski definition) is 1. The molecule has 0 bridgehead atoms. The second-order valence-electron chi connectivity index (χ2n) is 9.20. The zero-order valence-corrected chi connectivity index (χ0v) is 18.6. The summed E-state index contributed by atoms with van der Waals surface area (Å²) in [7, 11) is 0. The maximum atomic E-state index is 13.3. The predicted molar refractivity (Wildman–Crippen MR) is 115 cm³/mol. The van der Waals surface area contributed by atoms with Crippen LogP contribution in [0.25, 0.3) is 16.6 Å². The number of likely N-dealkylation sites (tertiary alicyclic amines) is 1. The van der Waals surface area contributed by atoms with Gasteiger partial charge in [0.15, 0.2) is 5.65 Å². The quantitative estimate of drug-likeness (QED) is 0.432. The van der Waals surface area contributed by atoms with E-state index in [1.165, 1.54) is 10.6 Å². The minimum atomic E-state index is -4.81. The number of fused-ring (bicyclic) bond motifs is 3.